The van der Waals surface area contributed by atoms with E-state index in [0.29, 0.717) is 25.1 Å². The molecule has 2 fully saturated rings. The minimum Gasteiger partial charge on any atom is -0.291 e. The number of nitriles is 1. The van der Waals surface area contributed by atoms with Gasteiger partial charge in [-0.1, -0.05) is 6.08 Å². The highest BCUT2D eigenvalue weighted by atomic mass is 19.3. The zero-order valence-electron chi connectivity index (χ0n) is 12.6. The van der Waals surface area contributed by atoms with Gasteiger partial charge in [0, 0.05) is 38.7 Å². The van der Waals surface area contributed by atoms with Crippen molar-refractivity contribution in [2.75, 3.05) is 19.6 Å². The smallest absolute Gasteiger partial charge is 0.260 e. The Morgan fingerprint density at radius 2 is 2.27 bits per heavy atom. The molecule has 0 spiro atoms. The number of amides is 1. The van der Waals surface area contributed by atoms with E-state index in [9.17, 15) is 13.6 Å². The average molecular weight is 308 g/mol. The average Bonchev–Trinajstić information content (AvgIpc) is 2.98. The van der Waals surface area contributed by atoms with Gasteiger partial charge >= 0.3 is 0 Å². The maximum absolute atomic E-state index is 13.9. The van der Waals surface area contributed by atoms with Crippen LogP contribution >= 0.6 is 0 Å². The molecule has 3 aliphatic rings. The van der Waals surface area contributed by atoms with Crippen LogP contribution in [0.1, 0.15) is 20.3 Å². The lowest BCUT2D eigenvalue weighted by molar-refractivity contribution is -0.157. The molecule has 0 saturated carbocycles. The Kier molecular flexibility index (Phi) is 3.33. The van der Waals surface area contributed by atoms with Gasteiger partial charge in [-0.15, -0.1) is 0 Å². The molecule has 3 heterocycles. The van der Waals surface area contributed by atoms with Crippen LogP contribution in [0.2, 0.25) is 0 Å². The standard InChI is InChI=1S/C15H18F2N4O/c1-14(15(2,16)17)9-20-4-3-12(21(20)13(14)22)11-5-10(6-18)7-19-8-11/h5,7,11-12H,3-4,8-9H2,1-2H3/t11?,12-,14-/m0/s1. The van der Waals surface area contributed by atoms with Crippen LogP contribution in [-0.4, -0.2) is 53.7 Å². The maximum atomic E-state index is 13.9. The van der Waals surface area contributed by atoms with Crippen molar-refractivity contribution in [3.05, 3.63) is 11.6 Å². The first-order valence-corrected chi connectivity index (χ1v) is 7.36. The Labute approximate surface area is 127 Å². The molecule has 22 heavy (non-hydrogen) atoms. The fraction of sp³-hybridized carbons (Fsp3) is 0.667. The molecular formula is C15H18F2N4O. The molecule has 2 saturated heterocycles. The van der Waals surface area contributed by atoms with E-state index in [4.69, 9.17) is 5.26 Å². The number of allylic oxidation sites excluding steroid dienone is 1. The molecule has 118 valence electrons. The van der Waals surface area contributed by atoms with Crippen molar-refractivity contribution in [2.45, 2.75) is 32.2 Å². The van der Waals surface area contributed by atoms with Crippen LogP contribution in [0, 0.1) is 22.7 Å². The maximum Gasteiger partial charge on any atom is 0.260 e. The van der Waals surface area contributed by atoms with E-state index in [1.807, 2.05) is 6.07 Å². The number of halogens is 2. The topological polar surface area (TPSA) is 59.7 Å². The van der Waals surface area contributed by atoms with E-state index in [0.717, 1.165) is 6.92 Å². The Balaban J connectivity index is 1.87. The molecule has 3 atom stereocenters. The predicted octanol–water partition coefficient (Wildman–Crippen LogP) is 1.63. The number of rotatable bonds is 2. The van der Waals surface area contributed by atoms with E-state index in [-0.39, 0.29) is 18.5 Å². The zero-order chi connectivity index (χ0) is 16.1. The van der Waals surface area contributed by atoms with E-state index in [2.05, 4.69) is 4.99 Å². The Bertz CT molecular complexity index is 604. The summed E-state index contributed by atoms with van der Waals surface area (Å²) in [4.78, 5) is 16.8. The second-order valence-electron chi connectivity index (χ2n) is 6.51. The molecule has 0 aromatic carbocycles. The highest BCUT2D eigenvalue weighted by Crippen LogP contribution is 2.47. The summed E-state index contributed by atoms with van der Waals surface area (Å²) in [5.41, 5.74) is -1.23. The van der Waals surface area contributed by atoms with Crippen LogP contribution in [0.25, 0.3) is 0 Å². The number of hydrogen-bond donors (Lipinski definition) is 0. The largest absolute Gasteiger partial charge is 0.291 e. The first-order valence-electron chi connectivity index (χ1n) is 7.36. The number of dihydropyridines is 1. The number of nitrogens with zero attached hydrogens (tertiary/aromatic N) is 4. The fourth-order valence-corrected chi connectivity index (χ4v) is 3.46. The number of fused-ring (bicyclic) bond motifs is 1. The Hall–Kier alpha value is -1.81. The summed E-state index contributed by atoms with van der Waals surface area (Å²) in [7, 11) is 0. The summed E-state index contributed by atoms with van der Waals surface area (Å²) in [5, 5.41) is 12.2. The van der Waals surface area contributed by atoms with Crippen LogP contribution in [0.15, 0.2) is 16.6 Å². The quantitative estimate of drug-likeness (QED) is 0.779. The zero-order valence-corrected chi connectivity index (χ0v) is 12.6. The van der Waals surface area contributed by atoms with Crippen molar-refractivity contribution in [1.82, 2.24) is 10.0 Å². The van der Waals surface area contributed by atoms with Crippen molar-refractivity contribution < 1.29 is 13.6 Å². The molecule has 1 unspecified atom stereocenters. The minimum absolute atomic E-state index is 0.0383. The van der Waals surface area contributed by atoms with Gasteiger partial charge in [0.05, 0.1) is 11.6 Å². The van der Waals surface area contributed by atoms with Crippen LogP contribution < -0.4 is 0 Å². The molecule has 0 N–H and O–H groups in total. The van der Waals surface area contributed by atoms with Gasteiger partial charge in [-0.25, -0.2) is 13.8 Å². The summed E-state index contributed by atoms with van der Waals surface area (Å²) in [6, 6.07) is 1.85. The van der Waals surface area contributed by atoms with Gasteiger partial charge in [0.15, 0.2) is 0 Å². The summed E-state index contributed by atoms with van der Waals surface area (Å²) in [6.07, 6.45) is 4.03. The molecule has 3 rings (SSSR count). The van der Waals surface area contributed by atoms with Gasteiger partial charge in [-0.3, -0.25) is 14.8 Å². The Morgan fingerprint density at radius 1 is 1.55 bits per heavy atom. The molecular weight excluding hydrogens is 290 g/mol. The number of aliphatic imine (C=N–C) groups is 1. The molecule has 5 nitrogen and oxygen atoms in total. The highest BCUT2D eigenvalue weighted by molar-refractivity contribution is 5.86. The van der Waals surface area contributed by atoms with Crippen molar-refractivity contribution in [1.29, 1.82) is 5.26 Å². The van der Waals surface area contributed by atoms with Crippen LogP contribution in [-0.2, 0) is 4.79 Å². The van der Waals surface area contributed by atoms with Crippen LogP contribution in [0.3, 0.4) is 0 Å². The molecule has 3 aliphatic heterocycles. The number of carbonyl (C=O) groups excluding carboxylic acids is 1. The third kappa shape index (κ3) is 2.05. The van der Waals surface area contributed by atoms with E-state index in [1.165, 1.54) is 18.1 Å². The molecule has 0 radical (unpaired) electrons. The third-order valence-corrected chi connectivity index (χ3v) is 5.01. The number of alkyl halides is 2. The van der Waals surface area contributed by atoms with Gasteiger partial charge < -0.3 is 0 Å². The van der Waals surface area contributed by atoms with Crippen LogP contribution in [0.5, 0.6) is 0 Å². The highest BCUT2D eigenvalue weighted by Gasteiger charge is 2.62. The molecule has 0 bridgehead atoms. The molecule has 0 aliphatic carbocycles. The number of carbonyl (C=O) groups is 1. The summed E-state index contributed by atoms with van der Waals surface area (Å²) in [5.74, 6) is -3.69. The molecule has 7 heteroatoms. The van der Waals surface area contributed by atoms with Gasteiger partial charge in [-0.2, -0.15) is 5.26 Å². The van der Waals surface area contributed by atoms with Gasteiger partial charge in [0.2, 0.25) is 0 Å². The number of hydrazine groups is 1. The SMILES string of the molecule is CC(F)(F)[C@@]1(C)CN2CC[C@@H](C3C=C(C#N)C=NC3)N2C1=O. The number of hydrogen-bond acceptors (Lipinski definition) is 4. The van der Waals surface area contributed by atoms with Crippen molar-refractivity contribution in [3.8, 4) is 6.07 Å². The Morgan fingerprint density at radius 3 is 2.91 bits per heavy atom. The van der Waals surface area contributed by atoms with Crippen molar-refractivity contribution in [3.63, 3.8) is 0 Å². The van der Waals surface area contributed by atoms with E-state index >= 15 is 0 Å². The van der Waals surface area contributed by atoms with Crippen molar-refractivity contribution >= 4 is 12.1 Å². The lowest BCUT2D eigenvalue weighted by Crippen LogP contribution is -2.48. The monoisotopic (exact) mass is 308 g/mol. The summed E-state index contributed by atoms with van der Waals surface area (Å²) < 4.78 is 27.8. The molecule has 0 aromatic heterocycles. The fourth-order valence-electron chi connectivity index (χ4n) is 3.46. The van der Waals surface area contributed by atoms with Gasteiger partial charge in [0.25, 0.3) is 11.8 Å². The predicted molar refractivity (Wildman–Crippen MR) is 76.1 cm³/mol. The third-order valence-electron chi connectivity index (χ3n) is 5.01. The minimum atomic E-state index is -3.07. The van der Waals surface area contributed by atoms with Gasteiger partial charge in [0.1, 0.15) is 11.5 Å². The second kappa shape index (κ2) is 4.85. The normalized spacial score (nSPS) is 35.5. The second-order valence-corrected chi connectivity index (χ2v) is 6.51. The first kappa shape index (κ1) is 15.1. The first-order chi connectivity index (χ1) is 10.3. The summed E-state index contributed by atoms with van der Waals surface area (Å²) in [6.45, 7) is 3.24. The molecule has 1 amide bonds. The lowest BCUT2D eigenvalue weighted by Gasteiger charge is -2.32. The summed E-state index contributed by atoms with van der Waals surface area (Å²) >= 11 is 0. The van der Waals surface area contributed by atoms with Crippen molar-refractivity contribution in [2.24, 2.45) is 16.3 Å². The van der Waals surface area contributed by atoms with E-state index < -0.39 is 17.2 Å². The van der Waals surface area contributed by atoms with Crippen LogP contribution in [0.4, 0.5) is 8.78 Å². The van der Waals surface area contributed by atoms with Gasteiger partial charge in [-0.05, 0) is 13.3 Å². The van der Waals surface area contributed by atoms with E-state index in [1.54, 1.807) is 11.1 Å². The molecule has 0 aromatic rings. The lowest BCUT2D eigenvalue weighted by atomic mass is 9.82.